The van der Waals surface area contributed by atoms with Crippen molar-refractivity contribution in [2.75, 3.05) is 21.2 Å². The van der Waals surface area contributed by atoms with E-state index in [-0.39, 0.29) is 5.78 Å². The van der Waals surface area contributed by atoms with Crippen molar-refractivity contribution < 1.29 is 9.53 Å². The summed E-state index contributed by atoms with van der Waals surface area (Å²) in [4.78, 5) is 15.4. The molecule has 0 fully saturated rings. The zero-order valence-corrected chi connectivity index (χ0v) is 16.6. The zero-order chi connectivity index (χ0) is 18.7. The molecule has 0 aliphatic heterocycles. The number of hydrogen-bond acceptors (Lipinski definition) is 3. The van der Waals surface area contributed by atoms with E-state index < -0.39 is 0 Å². The number of rotatable bonds is 5. The standard InChI is InChI=1S/C22H20BrNO2/c1-24(2)14-19(16-9-6-7-11-20(16)23)22(25)18-12-13-21(26-3)17-10-5-4-8-15(17)18/h4-14H,1-3H3/b19-14+. The highest BCUT2D eigenvalue weighted by atomic mass is 79.9. The number of carbonyl (C=O) groups excluding carboxylic acids is 1. The second kappa shape index (κ2) is 7.75. The van der Waals surface area contributed by atoms with Gasteiger partial charge in [0, 0.05) is 46.9 Å². The fourth-order valence-electron chi connectivity index (χ4n) is 2.98. The van der Waals surface area contributed by atoms with Crippen LogP contribution < -0.4 is 4.74 Å². The average Bonchev–Trinajstić information content (AvgIpc) is 2.65. The van der Waals surface area contributed by atoms with Gasteiger partial charge in [-0.2, -0.15) is 0 Å². The van der Waals surface area contributed by atoms with Gasteiger partial charge in [-0.25, -0.2) is 0 Å². The van der Waals surface area contributed by atoms with Crippen molar-refractivity contribution in [3.63, 3.8) is 0 Å². The van der Waals surface area contributed by atoms with Gasteiger partial charge in [0.25, 0.3) is 0 Å². The number of Topliss-reactive ketones (excluding diaryl/α,β-unsaturated/α-hetero) is 1. The molecule has 0 amide bonds. The largest absolute Gasteiger partial charge is 0.496 e. The SMILES string of the molecule is COc1ccc(C(=O)/C(=C/N(C)C)c2ccccc2Br)c2ccccc12. The summed E-state index contributed by atoms with van der Waals surface area (Å²) in [5.41, 5.74) is 2.16. The number of nitrogens with zero attached hydrogens (tertiary/aromatic N) is 1. The number of benzene rings is 3. The summed E-state index contributed by atoms with van der Waals surface area (Å²) in [5, 5.41) is 1.81. The fourth-order valence-corrected chi connectivity index (χ4v) is 3.48. The van der Waals surface area contributed by atoms with E-state index >= 15 is 0 Å². The molecule has 132 valence electrons. The van der Waals surface area contributed by atoms with E-state index in [1.807, 2.05) is 85.9 Å². The summed E-state index contributed by atoms with van der Waals surface area (Å²) in [5.74, 6) is 0.737. The van der Waals surface area contributed by atoms with E-state index in [2.05, 4.69) is 15.9 Å². The van der Waals surface area contributed by atoms with Gasteiger partial charge < -0.3 is 9.64 Å². The Labute approximate surface area is 162 Å². The number of allylic oxidation sites excluding steroid dienone is 1. The van der Waals surface area contributed by atoms with E-state index in [1.54, 1.807) is 7.11 Å². The van der Waals surface area contributed by atoms with Crippen molar-refractivity contribution in [1.29, 1.82) is 0 Å². The van der Waals surface area contributed by atoms with E-state index in [9.17, 15) is 4.79 Å². The molecular formula is C22H20BrNO2. The van der Waals surface area contributed by atoms with E-state index in [0.29, 0.717) is 11.1 Å². The minimum absolute atomic E-state index is 0.0237. The Balaban J connectivity index is 2.21. The van der Waals surface area contributed by atoms with Gasteiger partial charge in [-0.1, -0.05) is 58.4 Å². The van der Waals surface area contributed by atoms with Crippen LogP contribution in [-0.2, 0) is 0 Å². The summed E-state index contributed by atoms with van der Waals surface area (Å²) >= 11 is 3.57. The molecule has 0 aliphatic rings. The molecule has 3 rings (SSSR count). The Morgan fingerprint density at radius 3 is 2.23 bits per heavy atom. The number of ether oxygens (including phenoxy) is 1. The summed E-state index contributed by atoms with van der Waals surface area (Å²) in [7, 11) is 5.47. The first kappa shape index (κ1) is 18.2. The van der Waals surface area contributed by atoms with Crippen LogP contribution in [0.15, 0.2) is 71.3 Å². The summed E-state index contributed by atoms with van der Waals surface area (Å²) < 4.78 is 6.34. The Hall–Kier alpha value is -2.59. The van der Waals surface area contributed by atoms with Crippen LogP contribution in [0.1, 0.15) is 15.9 Å². The second-order valence-electron chi connectivity index (χ2n) is 6.18. The number of halogens is 1. The molecule has 0 radical (unpaired) electrons. The molecule has 0 spiro atoms. The maximum absolute atomic E-state index is 13.5. The first-order valence-electron chi connectivity index (χ1n) is 8.26. The van der Waals surface area contributed by atoms with E-state index in [1.165, 1.54) is 0 Å². The number of methoxy groups -OCH3 is 1. The Kier molecular flexibility index (Phi) is 5.43. The van der Waals surface area contributed by atoms with Gasteiger partial charge in [-0.3, -0.25) is 4.79 Å². The van der Waals surface area contributed by atoms with Crippen LogP contribution in [0.3, 0.4) is 0 Å². The van der Waals surface area contributed by atoms with Gasteiger partial charge in [-0.05, 0) is 23.6 Å². The van der Waals surface area contributed by atoms with E-state index in [0.717, 1.165) is 26.6 Å². The molecule has 26 heavy (non-hydrogen) atoms. The second-order valence-corrected chi connectivity index (χ2v) is 7.03. The Bertz CT molecular complexity index is 992. The first-order chi connectivity index (χ1) is 12.5. The molecule has 0 saturated carbocycles. The molecule has 0 N–H and O–H groups in total. The summed E-state index contributed by atoms with van der Waals surface area (Å²) in [6.07, 6.45) is 1.86. The topological polar surface area (TPSA) is 29.5 Å². The molecule has 0 bridgehead atoms. The summed E-state index contributed by atoms with van der Waals surface area (Å²) in [6.45, 7) is 0. The Morgan fingerprint density at radius 1 is 0.923 bits per heavy atom. The fraction of sp³-hybridized carbons (Fsp3) is 0.136. The lowest BCUT2D eigenvalue weighted by Crippen LogP contribution is -2.10. The minimum atomic E-state index is -0.0237. The van der Waals surface area contributed by atoms with Crippen LogP contribution >= 0.6 is 15.9 Å². The van der Waals surface area contributed by atoms with Gasteiger partial charge in [0.1, 0.15) is 5.75 Å². The number of fused-ring (bicyclic) bond motifs is 1. The van der Waals surface area contributed by atoms with Gasteiger partial charge >= 0.3 is 0 Å². The third-order valence-electron chi connectivity index (χ3n) is 4.14. The Morgan fingerprint density at radius 2 is 1.58 bits per heavy atom. The van der Waals surface area contributed by atoms with Crippen molar-refractivity contribution >= 4 is 38.1 Å². The highest BCUT2D eigenvalue weighted by molar-refractivity contribution is 9.10. The van der Waals surface area contributed by atoms with Crippen LogP contribution in [0.5, 0.6) is 5.75 Å². The quantitative estimate of drug-likeness (QED) is 0.417. The maximum atomic E-state index is 13.5. The molecule has 0 aliphatic carbocycles. The van der Waals surface area contributed by atoms with Crippen molar-refractivity contribution in [3.05, 3.63) is 82.5 Å². The van der Waals surface area contributed by atoms with Crippen LogP contribution in [-0.4, -0.2) is 31.9 Å². The average molecular weight is 410 g/mol. The molecule has 3 aromatic rings. The van der Waals surface area contributed by atoms with Crippen molar-refractivity contribution in [1.82, 2.24) is 4.90 Å². The molecule has 3 aromatic carbocycles. The minimum Gasteiger partial charge on any atom is -0.496 e. The van der Waals surface area contributed by atoms with Crippen LogP contribution in [0.4, 0.5) is 0 Å². The molecule has 4 heteroatoms. The molecule has 0 heterocycles. The molecule has 0 saturated heterocycles. The third-order valence-corrected chi connectivity index (χ3v) is 4.84. The van der Waals surface area contributed by atoms with Gasteiger partial charge in [0.15, 0.2) is 5.78 Å². The third kappa shape index (κ3) is 3.51. The van der Waals surface area contributed by atoms with E-state index in [4.69, 9.17) is 4.74 Å². The monoisotopic (exact) mass is 409 g/mol. The van der Waals surface area contributed by atoms with Crippen LogP contribution in [0, 0.1) is 0 Å². The number of ketones is 1. The van der Waals surface area contributed by atoms with Crippen LogP contribution in [0.25, 0.3) is 16.3 Å². The van der Waals surface area contributed by atoms with Crippen LogP contribution in [0.2, 0.25) is 0 Å². The number of carbonyl (C=O) groups is 1. The molecule has 0 unspecified atom stereocenters. The highest BCUT2D eigenvalue weighted by Crippen LogP contribution is 2.33. The van der Waals surface area contributed by atoms with Gasteiger partial charge in [-0.15, -0.1) is 0 Å². The lowest BCUT2D eigenvalue weighted by atomic mass is 9.93. The molecule has 0 aromatic heterocycles. The smallest absolute Gasteiger partial charge is 0.195 e. The van der Waals surface area contributed by atoms with Crippen molar-refractivity contribution in [2.24, 2.45) is 0 Å². The lowest BCUT2D eigenvalue weighted by Gasteiger charge is -2.15. The van der Waals surface area contributed by atoms with Crippen molar-refractivity contribution in [2.45, 2.75) is 0 Å². The maximum Gasteiger partial charge on any atom is 0.195 e. The molecule has 3 nitrogen and oxygen atoms in total. The molecular weight excluding hydrogens is 390 g/mol. The molecule has 0 atom stereocenters. The lowest BCUT2D eigenvalue weighted by molar-refractivity contribution is 0.105. The first-order valence-corrected chi connectivity index (χ1v) is 9.06. The predicted octanol–water partition coefficient (Wildman–Crippen LogP) is 5.40. The summed E-state index contributed by atoms with van der Waals surface area (Å²) in [6, 6.07) is 19.3. The van der Waals surface area contributed by atoms with Crippen molar-refractivity contribution in [3.8, 4) is 5.75 Å². The zero-order valence-electron chi connectivity index (χ0n) is 15.0. The predicted molar refractivity (Wildman–Crippen MR) is 111 cm³/mol. The normalized spacial score (nSPS) is 11.5. The number of hydrogen-bond donors (Lipinski definition) is 0. The highest BCUT2D eigenvalue weighted by Gasteiger charge is 2.20. The van der Waals surface area contributed by atoms with Gasteiger partial charge in [0.2, 0.25) is 0 Å². The van der Waals surface area contributed by atoms with Gasteiger partial charge in [0.05, 0.1) is 7.11 Å².